The Morgan fingerprint density at radius 1 is 1.11 bits per heavy atom. The summed E-state index contributed by atoms with van der Waals surface area (Å²) in [5, 5.41) is 9.17. The van der Waals surface area contributed by atoms with Crippen molar-refractivity contribution in [2.24, 2.45) is 0 Å². The van der Waals surface area contributed by atoms with Gasteiger partial charge in [-0.25, -0.2) is 18.4 Å². The van der Waals surface area contributed by atoms with Gasteiger partial charge in [-0.2, -0.15) is 0 Å². The van der Waals surface area contributed by atoms with E-state index in [0.29, 0.717) is 4.90 Å². The summed E-state index contributed by atoms with van der Waals surface area (Å²) in [4.78, 5) is 24.1. The average Bonchev–Trinajstić information content (AvgIpc) is 3.12. The molecular weight excluding hydrogens is 356 g/mol. The lowest BCUT2D eigenvalue weighted by atomic mass is 9.98. The number of hydrogen-bond acceptors (Lipinski definition) is 3. The fourth-order valence-electron chi connectivity index (χ4n) is 3.86. The van der Waals surface area contributed by atoms with Gasteiger partial charge in [0.25, 0.3) is 5.92 Å². The quantitative estimate of drug-likeness (QED) is 0.887. The third kappa shape index (κ3) is 2.41. The highest BCUT2D eigenvalue weighted by Crippen LogP contribution is 2.56. The summed E-state index contributed by atoms with van der Waals surface area (Å²) in [5.41, 5.74) is 1.53. The SMILES string of the molecule is CN(C(=O)OCC1c2ccccc2-c2ccccc21)C1(C(=O)O)CC1(F)F. The number of hydrogen-bond donors (Lipinski definition) is 1. The third-order valence-corrected chi connectivity index (χ3v) is 5.49. The Morgan fingerprint density at radius 2 is 1.59 bits per heavy atom. The maximum Gasteiger partial charge on any atom is 0.410 e. The van der Waals surface area contributed by atoms with Gasteiger partial charge in [-0.15, -0.1) is 0 Å². The Bertz CT molecular complexity index is 900. The third-order valence-electron chi connectivity index (χ3n) is 5.49. The zero-order valence-corrected chi connectivity index (χ0v) is 14.5. The highest BCUT2D eigenvalue weighted by Gasteiger charge is 2.80. The molecule has 0 spiro atoms. The molecule has 1 atom stereocenters. The van der Waals surface area contributed by atoms with Crippen LogP contribution in [0.4, 0.5) is 13.6 Å². The number of alkyl halides is 2. The molecule has 4 rings (SSSR count). The van der Waals surface area contributed by atoms with Crippen LogP contribution in [0.15, 0.2) is 48.5 Å². The lowest BCUT2D eigenvalue weighted by Crippen LogP contribution is -2.49. The first-order chi connectivity index (χ1) is 12.8. The summed E-state index contributed by atoms with van der Waals surface area (Å²) in [6.45, 7) is -0.0571. The van der Waals surface area contributed by atoms with Crippen LogP contribution in [-0.2, 0) is 9.53 Å². The number of amides is 1. The number of carboxylic acid groups (broad SMARTS) is 1. The van der Waals surface area contributed by atoms with E-state index in [-0.39, 0.29) is 12.5 Å². The van der Waals surface area contributed by atoms with Crippen molar-refractivity contribution in [3.63, 3.8) is 0 Å². The van der Waals surface area contributed by atoms with Gasteiger partial charge in [-0.05, 0) is 22.3 Å². The van der Waals surface area contributed by atoms with Gasteiger partial charge in [0.05, 0.1) is 6.42 Å². The smallest absolute Gasteiger partial charge is 0.410 e. The first-order valence-corrected chi connectivity index (χ1v) is 8.49. The summed E-state index contributed by atoms with van der Waals surface area (Å²) < 4.78 is 32.5. The number of carbonyl (C=O) groups is 2. The molecule has 2 aliphatic carbocycles. The Hall–Kier alpha value is -2.96. The van der Waals surface area contributed by atoms with Gasteiger partial charge >= 0.3 is 12.1 Å². The lowest BCUT2D eigenvalue weighted by Gasteiger charge is -2.25. The van der Waals surface area contributed by atoms with Gasteiger partial charge in [0, 0.05) is 13.0 Å². The van der Waals surface area contributed by atoms with E-state index < -0.39 is 29.9 Å². The number of benzene rings is 2. The predicted octanol–water partition coefficient (Wildman–Crippen LogP) is 3.73. The van der Waals surface area contributed by atoms with Crippen LogP contribution in [0.3, 0.4) is 0 Å². The molecule has 1 amide bonds. The molecule has 0 aliphatic heterocycles. The van der Waals surface area contributed by atoms with Crippen molar-refractivity contribution >= 4 is 12.1 Å². The van der Waals surface area contributed by atoms with Gasteiger partial charge in [-0.1, -0.05) is 48.5 Å². The average molecular weight is 373 g/mol. The van der Waals surface area contributed by atoms with Crippen molar-refractivity contribution in [2.45, 2.75) is 23.8 Å². The molecule has 1 saturated carbocycles. The first kappa shape index (κ1) is 17.5. The molecule has 7 heteroatoms. The Kier molecular flexibility index (Phi) is 3.73. The second kappa shape index (κ2) is 5.77. The minimum Gasteiger partial charge on any atom is -0.479 e. The molecule has 0 radical (unpaired) electrons. The fraction of sp³-hybridized carbons (Fsp3) is 0.300. The summed E-state index contributed by atoms with van der Waals surface area (Å²) in [6, 6.07) is 15.4. The number of carboxylic acids is 1. The van der Waals surface area contributed by atoms with Crippen molar-refractivity contribution in [2.75, 3.05) is 13.7 Å². The van der Waals surface area contributed by atoms with Crippen LogP contribution in [-0.4, -0.2) is 47.2 Å². The molecule has 27 heavy (non-hydrogen) atoms. The number of halogens is 2. The van der Waals surface area contributed by atoms with E-state index in [1.807, 2.05) is 48.5 Å². The number of rotatable bonds is 4. The second-order valence-electron chi connectivity index (χ2n) is 6.91. The van der Waals surface area contributed by atoms with E-state index in [1.165, 1.54) is 0 Å². The van der Waals surface area contributed by atoms with Crippen molar-refractivity contribution in [1.82, 2.24) is 4.90 Å². The van der Waals surface area contributed by atoms with Gasteiger partial charge in [0.15, 0.2) is 0 Å². The van der Waals surface area contributed by atoms with Gasteiger partial charge in [-0.3, -0.25) is 4.90 Å². The van der Waals surface area contributed by atoms with Crippen LogP contribution >= 0.6 is 0 Å². The molecule has 140 valence electrons. The molecule has 0 aromatic heterocycles. The summed E-state index contributed by atoms with van der Waals surface area (Å²) in [6.07, 6.45) is -1.98. The maximum atomic E-state index is 13.6. The number of ether oxygens (including phenoxy) is 1. The monoisotopic (exact) mass is 373 g/mol. The van der Waals surface area contributed by atoms with E-state index in [0.717, 1.165) is 29.3 Å². The van der Waals surface area contributed by atoms with Crippen LogP contribution in [0.5, 0.6) is 0 Å². The topological polar surface area (TPSA) is 66.8 Å². The summed E-state index contributed by atoms with van der Waals surface area (Å²) >= 11 is 0. The molecule has 1 N–H and O–H groups in total. The first-order valence-electron chi connectivity index (χ1n) is 8.49. The molecule has 2 aromatic rings. The second-order valence-corrected chi connectivity index (χ2v) is 6.91. The van der Waals surface area contributed by atoms with Crippen LogP contribution < -0.4 is 0 Å². The van der Waals surface area contributed by atoms with Crippen LogP contribution in [0, 0.1) is 0 Å². The summed E-state index contributed by atoms with van der Waals surface area (Å²) in [7, 11) is 1.04. The van der Waals surface area contributed by atoms with Crippen LogP contribution in [0.1, 0.15) is 23.5 Å². The molecule has 1 fully saturated rings. The van der Waals surface area contributed by atoms with Crippen molar-refractivity contribution in [3.05, 3.63) is 59.7 Å². The number of nitrogens with zero attached hydrogens (tertiary/aromatic N) is 1. The van der Waals surface area contributed by atoms with Gasteiger partial charge in [0.1, 0.15) is 6.61 Å². The van der Waals surface area contributed by atoms with Crippen LogP contribution in [0.2, 0.25) is 0 Å². The van der Waals surface area contributed by atoms with Crippen LogP contribution in [0.25, 0.3) is 11.1 Å². The van der Waals surface area contributed by atoms with E-state index in [1.54, 1.807) is 0 Å². The molecule has 2 aliphatic rings. The largest absolute Gasteiger partial charge is 0.479 e. The molecule has 0 heterocycles. The van der Waals surface area contributed by atoms with E-state index in [4.69, 9.17) is 9.84 Å². The van der Waals surface area contributed by atoms with Crippen molar-refractivity contribution in [1.29, 1.82) is 0 Å². The Morgan fingerprint density at radius 3 is 2.04 bits per heavy atom. The number of carbonyl (C=O) groups excluding carboxylic acids is 1. The normalized spacial score (nSPS) is 21.9. The zero-order chi connectivity index (χ0) is 19.4. The fourth-order valence-corrected chi connectivity index (χ4v) is 3.86. The Labute approximate surface area is 154 Å². The highest BCUT2D eigenvalue weighted by atomic mass is 19.3. The zero-order valence-electron chi connectivity index (χ0n) is 14.5. The molecular formula is C20H17F2NO4. The van der Waals surface area contributed by atoms with Crippen molar-refractivity contribution in [3.8, 4) is 11.1 Å². The van der Waals surface area contributed by atoms with Crippen molar-refractivity contribution < 1.29 is 28.2 Å². The van der Waals surface area contributed by atoms with E-state index in [2.05, 4.69) is 0 Å². The van der Waals surface area contributed by atoms with Gasteiger partial charge in [0.2, 0.25) is 5.54 Å². The maximum absolute atomic E-state index is 13.6. The number of fused-ring (bicyclic) bond motifs is 3. The standard InChI is InChI=1S/C20H17F2NO4/c1-23(19(17(24)25)11-20(19,21)22)18(26)27-10-16-14-8-4-2-6-12(14)13-7-3-5-9-15(13)16/h2-9,16H,10-11H2,1H3,(H,24,25). The predicted molar refractivity (Wildman–Crippen MR) is 92.8 cm³/mol. The van der Waals surface area contributed by atoms with E-state index in [9.17, 15) is 18.4 Å². The minimum atomic E-state index is -3.46. The molecule has 5 nitrogen and oxygen atoms in total. The molecule has 1 unspecified atom stereocenters. The molecule has 0 bridgehead atoms. The number of aliphatic carboxylic acids is 1. The van der Waals surface area contributed by atoms with E-state index >= 15 is 0 Å². The van der Waals surface area contributed by atoms with Gasteiger partial charge < -0.3 is 9.84 Å². The minimum absolute atomic E-state index is 0.0571. The lowest BCUT2D eigenvalue weighted by molar-refractivity contribution is -0.148. The highest BCUT2D eigenvalue weighted by molar-refractivity contribution is 5.90. The summed E-state index contributed by atoms with van der Waals surface area (Å²) in [5.74, 6) is -5.42. The molecule has 0 saturated heterocycles. The molecule has 2 aromatic carbocycles. The Balaban J connectivity index is 1.54. The number of likely N-dealkylation sites (N-methyl/N-ethyl adjacent to an activating group) is 1.